The van der Waals surface area contributed by atoms with E-state index in [0.717, 1.165) is 48.1 Å². The zero-order valence-corrected chi connectivity index (χ0v) is 16.3. The molecule has 2 N–H and O–H groups in total. The summed E-state index contributed by atoms with van der Waals surface area (Å²) in [7, 11) is 1.77. The number of hydrogen-bond acceptors (Lipinski definition) is 4. The highest BCUT2D eigenvalue weighted by atomic mass is 16.5. The molecule has 0 amide bonds. The number of aliphatic imine (C=N–C) groups is 1. The second kappa shape index (κ2) is 9.26. The Labute approximate surface area is 161 Å². The van der Waals surface area contributed by atoms with E-state index < -0.39 is 0 Å². The van der Waals surface area contributed by atoms with Crippen molar-refractivity contribution < 1.29 is 9.47 Å². The largest absolute Gasteiger partial charge is 0.494 e. The molecule has 0 fully saturated rings. The van der Waals surface area contributed by atoms with Gasteiger partial charge in [0.2, 0.25) is 0 Å². The van der Waals surface area contributed by atoms with Crippen LogP contribution in [0.2, 0.25) is 0 Å². The monoisotopic (exact) mass is 368 g/mol. The van der Waals surface area contributed by atoms with Crippen molar-refractivity contribution in [1.82, 2.24) is 15.6 Å². The van der Waals surface area contributed by atoms with Crippen LogP contribution in [-0.2, 0) is 19.4 Å². The molecule has 1 aromatic heterocycles. The minimum Gasteiger partial charge on any atom is -0.494 e. The SMILES string of the molecule is CCOc1cc2c(cc1CNC(=NC)NCCc1ccccn1)OC(C)C2. The summed E-state index contributed by atoms with van der Waals surface area (Å²) in [5, 5.41) is 6.68. The summed E-state index contributed by atoms with van der Waals surface area (Å²) in [6.45, 7) is 6.11. The maximum atomic E-state index is 5.89. The first-order valence-electron chi connectivity index (χ1n) is 9.49. The molecule has 0 saturated heterocycles. The van der Waals surface area contributed by atoms with Crippen molar-refractivity contribution in [3.05, 3.63) is 53.3 Å². The van der Waals surface area contributed by atoms with Gasteiger partial charge in [0, 0.05) is 56.0 Å². The Morgan fingerprint density at radius 1 is 1.33 bits per heavy atom. The molecule has 0 aliphatic carbocycles. The molecule has 6 heteroatoms. The molecule has 1 atom stereocenters. The molecule has 2 aromatic rings. The average molecular weight is 368 g/mol. The lowest BCUT2D eigenvalue weighted by Gasteiger charge is -2.15. The maximum absolute atomic E-state index is 5.89. The van der Waals surface area contributed by atoms with Crippen LogP contribution >= 0.6 is 0 Å². The molecule has 0 radical (unpaired) electrons. The van der Waals surface area contributed by atoms with Gasteiger partial charge >= 0.3 is 0 Å². The van der Waals surface area contributed by atoms with Gasteiger partial charge in [-0.3, -0.25) is 9.98 Å². The number of hydrogen-bond donors (Lipinski definition) is 2. The van der Waals surface area contributed by atoms with E-state index in [9.17, 15) is 0 Å². The third-order valence-electron chi connectivity index (χ3n) is 4.45. The lowest BCUT2D eigenvalue weighted by atomic mass is 10.1. The van der Waals surface area contributed by atoms with Gasteiger partial charge in [-0.25, -0.2) is 0 Å². The number of aromatic nitrogens is 1. The van der Waals surface area contributed by atoms with Gasteiger partial charge in [0.1, 0.15) is 17.6 Å². The molecule has 1 unspecified atom stereocenters. The van der Waals surface area contributed by atoms with Crippen LogP contribution < -0.4 is 20.1 Å². The molecule has 0 bridgehead atoms. The molecule has 6 nitrogen and oxygen atoms in total. The van der Waals surface area contributed by atoms with Gasteiger partial charge in [-0.2, -0.15) is 0 Å². The van der Waals surface area contributed by atoms with Crippen molar-refractivity contribution in [1.29, 1.82) is 0 Å². The minimum absolute atomic E-state index is 0.221. The fourth-order valence-electron chi connectivity index (χ4n) is 3.16. The van der Waals surface area contributed by atoms with E-state index in [4.69, 9.17) is 9.47 Å². The smallest absolute Gasteiger partial charge is 0.191 e. The predicted molar refractivity (Wildman–Crippen MR) is 108 cm³/mol. The van der Waals surface area contributed by atoms with Crippen LogP contribution in [0.5, 0.6) is 11.5 Å². The Balaban J connectivity index is 1.58. The van der Waals surface area contributed by atoms with E-state index in [1.807, 2.05) is 31.3 Å². The van der Waals surface area contributed by atoms with Gasteiger partial charge in [-0.1, -0.05) is 6.07 Å². The Morgan fingerprint density at radius 2 is 2.22 bits per heavy atom. The van der Waals surface area contributed by atoms with Gasteiger partial charge in [0.15, 0.2) is 5.96 Å². The topological polar surface area (TPSA) is 67.8 Å². The number of guanidine groups is 1. The van der Waals surface area contributed by atoms with Crippen molar-refractivity contribution >= 4 is 5.96 Å². The summed E-state index contributed by atoms with van der Waals surface area (Å²) in [6, 6.07) is 10.1. The first-order chi connectivity index (χ1) is 13.2. The van der Waals surface area contributed by atoms with E-state index in [1.54, 1.807) is 7.05 Å². The van der Waals surface area contributed by atoms with Crippen LogP contribution in [0.15, 0.2) is 41.5 Å². The first kappa shape index (κ1) is 19.0. The third-order valence-corrected chi connectivity index (χ3v) is 4.45. The molecule has 144 valence electrons. The van der Waals surface area contributed by atoms with Gasteiger partial charge in [0.25, 0.3) is 0 Å². The van der Waals surface area contributed by atoms with Gasteiger partial charge in [-0.05, 0) is 38.1 Å². The summed E-state index contributed by atoms with van der Waals surface area (Å²) in [4.78, 5) is 8.63. The van der Waals surface area contributed by atoms with Crippen LogP contribution in [0.25, 0.3) is 0 Å². The number of nitrogens with zero attached hydrogens (tertiary/aromatic N) is 2. The molecule has 1 aromatic carbocycles. The fourth-order valence-corrected chi connectivity index (χ4v) is 3.16. The zero-order chi connectivity index (χ0) is 19.1. The standard InChI is InChI=1S/C21H28N4O2/c1-4-26-19-12-16-11-15(2)27-20(16)13-17(19)14-25-21(22-3)24-10-8-18-7-5-6-9-23-18/h5-7,9,12-13,15H,4,8,10-11,14H2,1-3H3,(H2,22,24,25). The Kier molecular flexibility index (Phi) is 6.52. The van der Waals surface area contributed by atoms with Crippen molar-refractivity contribution in [2.24, 2.45) is 4.99 Å². The highest BCUT2D eigenvalue weighted by Crippen LogP contribution is 2.35. The Morgan fingerprint density at radius 3 is 2.96 bits per heavy atom. The van der Waals surface area contributed by atoms with Crippen molar-refractivity contribution in [3.8, 4) is 11.5 Å². The average Bonchev–Trinajstić information content (AvgIpc) is 3.04. The van der Waals surface area contributed by atoms with E-state index in [2.05, 4.69) is 39.7 Å². The molecular weight excluding hydrogens is 340 g/mol. The van der Waals surface area contributed by atoms with E-state index in [1.165, 1.54) is 5.56 Å². The second-order valence-electron chi connectivity index (χ2n) is 6.56. The molecule has 2 heterocycles. The summed E-state index contributed by atoms with van der Waals surface area (Å²) in [5.74, 6) is 2.62. The molecule has 3 rings (SSSR count). The number of rotatable bonds is 7. The first-order valence-corrected chi connectivity index (χ1v) is 9.49. The minimum atomic E-state index is 0.221. The summed E-state index contributed by atoms with van der Waals surface area (Å²) in [6.07, 6.45) is 3.81. The van der Waals surface area contributed by atoms with Crippen LogP contribution in [0.1, 0.15) is 30.7 Å². The molecule has 27 heavy (non-hydrogen) atoms. The highest BCUT2D eigenvalue weighted by Gasteiger charge is 2.21. The van der Waals surface area contributed by atoms with Crippen molar-refractivity contribution in [3.63, 3.8) is 0 Å². The van der Waals surface area contributed by atoms with Gasteiger partial charge in [0.05, 0.1) is 6.61 Å². The van der Waals surface area contributed by atoms with Crippen LogP contribution in [0, 0.1) is 0 Å². The third kappa shape index (κ3) is 5.12. The Bertz CT molecular complexity index is 777. The molecule has 1 aliphatic heterocycles. The summed E-state index contributed by atoms with van der Waals surface area (Å²) >= 11 is 0. The fraction of sp³-hybridized carbons (Fsp3) is 0.429. The lowest BCUT2D eigenvalue weighted by Crippen LogP contribution is -2.38. The number of nitrogens with one attached hydrogen (secondary N) is 2. The second-order valence-corrected chi connectivity index (χ2v) is 6.56. The molecule has 1 aliphatic rings. The van der Waals surface area contributed by atoms with E-state index in [0.29, 0.717) is 13.2 Å². The number of pyridine rings is 1. The zero-order valence-electron chi connectivity index (χ0n) is 16.3. The van der Waals surface area contributed by atoms with Crippen molar-refractivity contribution in [2.75, 3.05) is 20.2 Å². The number of benzene rings is 1. The van der Waals surface area contributed by atoms with E-state index >= 15 is 0 Å². The summed E-state index contributed by atoms with van der Waals surface area (Å²) < 4.78 is 11.7. The van der Waals surface area contributed by atoms with Crippen molar-refractivity contribution in [2.45, 2.75) is 39.3 Å². The predicted octanol–water partition coefficient (Wildman–Crippen LogP) is 2.71. The molecular formula is C21H28N4O2. The lowest BCUT2D eigenvalue weighted by molar-refractivity contribution is 0.254. The number of fused-ring (bicyclic) bond motifs is 1. The van der Waals surface area contributed by atoms with Gasteiger partial charge in [-0.15, -0.1) is 0 Å². The molecule has 0 spiro atoms. The van der Waals surface area contributed by atoms with Crippen LogP contribution in [-0.4, -0.2) is 37.2 Å². The molecule has 0 saturated carbocycles. The van der Waals surface area contributed by atoms with Crippen LogP contribution in [0.3, 0.4) is 0 Å². The van der Waals surface area contributed by atoms with Crippen LogP contribution in [0.4, 0.5) is 0 Å². The normalized spacial score (nSPS) is 15.8. The maximum Gasteiger partial charge on any atom is 0.191 e. The highest BCUT2D eigenvalue weighted by molar-refractivity contribution is 5.79. The Hall–Kier alpha value is -2.76. The quantitative estimate of drug-likeness (QED) is 0.581. The van der Waals surface area contributed by atoms with Gasteiger partial charge < -0.3 is 20.1 Å². The number of ether oxygens (including phenoxy) is 2. The summed E-state index contributed by atoms with van der Waals surface area (Å²) in [5.41, 5.74) is 3.34. The van der Waals surface area contributed by atoms with E-state index in [-0.39, 0.29) is 6.10 Å².